The fraction of sp³-hybridized carbons (Fsp3) is 0.115. The molecular formula is C26H22Cl2N4O3. The summed E-state index contributed by atoms with van der Waals surface area (Å²) in [4.78, 5) is 12.4. The third-order valence-corrected chi connectivity index (χ3v) is 5.75. The Bertz CT molecular complexity index is 1310. The number of H-pyrrole nitrogens is 1. The molecule has 0 aliphatic rings. The second-order valence-electron chi connectivity index (χ2n) is 7.57. The van der Waals surface area contributed by atoms with Gasteiger partial charge >= 0.3 is 0 Å². The smallest absolute Gasteiger partial charge is 0.280 e. The average Bonchev–Trinajstić information content (AvgIpc) is 3.34. The van der Waals surface area contributed by atoms with E-state index in [4.69, 9.17) is 32.7 Å². The zero-order valence-corrected chi connectivity index (χ0v) is 20.3. The molecule has 0 saturated heterocycles. The number of aromatic nitrogens is 2. The molecule has 0 aliphatic carbocycles. The molecule has 4 aromatic rings. The van der Waals surface area contributed by atoms with Crippen molar-refractivity contribution in [3.63, 3.8) is 0 Å². The summed E-state index contributed by atoms with van der Waals surface area (Å²) in [6, 6.07) is 22.2. The summed E-state index contributed by atoms with van der Waals surface area (Å²) in [5.41, 5.74) is 5.72. The molecule has 0 aliphatic heterocycles. The average molecular weight is 509 g/mol. The number of halogens is 2. The molecule has 35 heavy (non-hydrogen) atoms. The Labute approximate surface area is 212 Å². The van der Waals surface area contributed by atoms with Crippen molar-refractivity contribution in [1.82, 2.24) is 15.6 Å². The van der Waals surface area contributed by atoms with Crippen molar-refractivity contribution in [3.8, 4) is 22.8 Å². The molecule has 9 heteroatoms. The van der Waals surface area contributed by atoms with E-state index in [0.717, 1.165) is 11.1 Å². The predicted octanol–water partition coefficient (Wildman–Crippen LogP) is 5.88. The van der Waals surface area contributed by atoms with Crippen molar-refractivity contribution in [2.45, 2.75) is 19.6 Å². The maximum Gasteiger partial charge on any atom is 0.280 e. The van der Waals surface area contributed by atoms with Crippen molar-refractivity contribution in [3.05, 3.63) is 100 Å². The van der Waals surface area contributed by atoms with Gasteiger partial charge in [0.25, 0.3) is 5.91 Å². The van der Waals surface area contributed by atoms with E-state index < -0.39 is 12.0 Å². The van der Waals surface area contributed by atoms with Gasteiger partial charge in [-0.25, -0.2) is 5.43 Å². The van der Waals surface area contributed by atoms with Gasteiger partial charge in [0.05, 0.1) is 28.2 Å². The van der Waals surface area contributed by atoms with Crippen LogP contribution in [0.15, 0.2) is 84.1 Å². The van der Waals surface area contributed by atoms with Crippen LogP contribution in [-0.4, -0.2) is 28.4 Å². The summed E-state index contributed by atoms with van der Waals surface area (Å²) in [5.74, 6) is 0.853. The lowest BCUT2D eigenvalue weighted by atomic mass is 10.1. The number of hydrogen-bond acceptors (Lipinski definition) is 5. The minimum atomic E-state index is -0.762. The highest BCUT2D eigenvalue weighted by molar-refractivity contribution is 6.42. The van der Waals surface area contributed by atoms with Crippen molar-refractivity contribution in [2.24, 2.45) is 5.10 Å². The molecule has 0 saturated carbocycles. The van der Waals surface area contributed by atoms with E-state index in [9.17, 15) is 4.79 Å². The van der Waals surface area contributed by atoms with Gasteiger partial charge in [-0.1, -0.05) is 59.6 Å². The van der Waals surface area contributed by atoms with E-state index >= 15 is 0 Å². The van der Waals surface area contributed by atoms with Gasteiger partial charge in [-0.3, -0.25) is 9.89 Å². The minimum absolute atomic E-state index is 0.398. The second kappa shape index (κ2) is 11.6. The number of aromatic amines is 1. The molecule has 0 spiro atoms. The number of carbonyl (C=O) groups is 1. The Morgan fingerprint density at radius 3 is 2.54 bits per heavy atom. The quantitative estimate of drug-likeness (QED) is 0.218. The number of ether oxygens (including phenoxy) is 2. The fourth-order valence-electron chi connectivity index (χ4n) is 3.15. The molecular weight excluding hydrogens is 487 g/mol. The number of nitrogens with one attached hydrogen (secondary N) is 2. The topological polar surface area (TPSA) is 88.6 Å². The lowest BCUT2D eigenvalue weighted by Crippen LogP contribution is -2.33. The Kier molecular flexibility index (Phi) is 8.03. The molecule has 2 N–H and O–H groups in total. The predicted molar refractivity (Wildman–Crippen MR) is 137 cm³/mol. The van der Waals surface area contributed by atoms with Gasteiger partial charge in [-0.05, 0) is 48.9 Å². The van der Waals surface area contributed by atoms with E-state index in [-0.39, 0.29) is 0 Å². The van der Waals surface area contributed by atoms with Gasteiger partial charge in [-0.15, -0.1) is 0 Å². The molecule has 0 fully saturated rings. The summed E-state index contributed by atoms with van der Waals surface area (Å²) in [6.45, 7) is 2.12. The van der Waals surface area contributed by atoms with Crippen molar-refractivity contribution < 1.29 is 14.3 Å². The van der Waals surface area contributed by atoms with Crippen molar-refractivity contribution in [1.29, 1.82) is 0 Å². The third kappa shape index (κ3) is 6.62. The number of benzene rings is 3. The highest BCUT2D eigenvalue weighted by Crippen LogP contribution is 2.28. The van der Waals surface area contributed by atoms with Crippen LogP contribution in [0.1, 0.15) is 18.1 Å². The Morgan fingerprint density at radius 2 is 1.80 bits per heavy atom. The second-order valence-corrected chi connectivity index (χ2v) is 8.38. The molecule has 178 valence electrons. The lowest BCUT2D eigenvalue weighted by molar-refractivity contribution is -0.127. The van der Waals surface area contributed by atoms with E-state index in [2.05, 4.69) is 20.7 Å². The molecule has 1 atom stereocenters. The van der Waals surface area contributed by atoms with Gasteiger partial charge in [0.1, 0.15) is 18.1 Å². The first kappa shape index (κ1) is 24.3. The zero-order valence-electron chi connectivity index (χ0n) is 18.7. The standard InChI is InChI=1S/C26H22Cl2N4O3/c1-17(35-22-10-8-21(9-11-22)34-16-18-5-3-2-4-6-18)26(33)32-30-15-20-14-29-31-25(20)19-7-12-23(27)24(28)13-19/h2-15,17H,16H2,1H3,(H,29,31)(H,32,33)/b30-15+. The van der Waals surface area contributed by atoms with Gasteiger partial charge in [0.2, 0.25) is 0 Å². The van der Waals surface area contributed by atoms with Crippen LogP contribution in [0.2, 0.25) is 10.0 Å². The maximum atomic E-state index is 12.4. The van der Waals surface area contributed by atoms with Crippen molar-refractivity contribution >= 4 is 35.3 Å². The zero-order chi connectivity index (χ0) is 24.6. The highest BCUT2D eigenvalue weighted by atomic mass is 35.5. The van der Waals surface area contributed by atoms with E-state index in [0.29, 0.717) is 39.4 Å². The summed E-state index contributed by atoms with van der Waals surface area (Å²) >= 11 is 12.1. The van der Waals surface area contributed by atoms with E-state index in [1.807, 2.05) is 36.4 Å². The molecule has 1 aromatic heterocycles. The Morgan fingerprint density at radius 1 is 1.06 bits per heavy atom. The summed E-state index contributed by atoms with van der Waals surface area (Å²) in [5, 5.41) is 11.8. The Balaban J connectivity index is 1.29. The number of nitrogens with zero attached hydrogens (tertiary/aromatic N) is 2. The number of amides is 1. The highest BCUT2D eigenvalue weighted by Gasteiger charge is 2.14. The first-order chi connectivity index (χ1) is 17.0. The third-order valence-electron chi connectivity index (χ3n) is 5.01. The summed E-state index contributed by atoms with van der Waals surface area (Å²) in [7, 11) is 0. The van der Waals surface area contributed by atoms with E-state index in [1.54, 1.807) is 49.5 Å². The molecule has 1 heterocycles. The summed E-state index contributed by atoms with van der Waals surface area (Å²) < 4.78 is 11.5. The van der Waals surface area contributed by atoms with Gasteiger partial charge in [0.15, 0.2) is 6.10 Å². The van der Waals surface area contributed by atoms with E-state index in [1.165, 1.54) is 6.21 Å². The molecule has 3 aromatic carbocycles. The van der Waals surface area contributed by atoms with Gasteiger partial charge < -0.3 is 9.47 Å². The summed E-state index contributed by atoms with van der Waals surface area (Å²) in [6.07, 6.45) is 2.32. The van der Waals surface area contributed by atoms with Crippen LogP contribution in [0.25, 0.3) is 11.3 Å². The Hall–Kier alpha value is -3.81. The maximum absolute atomic E-state index is 12.4. The largest absolute Gasteiger partial charge is 0.489 e. The minimum Gasteiger partial charge on any atom is -0.489 e. The number of carbonyl (C=O) groups excluding carboxylic acids is 1. The van der Waals surface area contributed by atoms with Crippen LogP contribution in [0.3, 0.4) is 0 Å². The number of rotatable bonds is 9. The number of hydrogen-bond donors (Lipinski definition) is 2. The monoisotopic (exact) mass is 508 g/mol. The van der Waals surface area contributed by atoms with Gasteiger partial charge in [-0.2, -0.15) is 10.2 Å². The van der Waals surface area contributed by atoms with Crippen LogP contribution < -0.4 is 14.9 Å². The molecule has 0 radical (unpaired) electrons. The molecule has 7 nitrogen and oxygen atoms in total. The number of hydrazone groups is 1. The molecule has 4 rings (SSSR count). The first-order valence-corrected chi connectivity index (χ1v) is 11.5. The van der Waals surface area contributed by atoms with Gasteiger partial charge in [0, 0.05) is 11.1 Å². The van der Waals surface area contributed by atoms with Crippen molar-refractivity contribution in [2.75, 3.05) is 0 Å². The van der Waals surface area contributed by atoms with Crippen LogP contribution in [0.4, 0.5) is 0 Å². The van der Waals surface area contributed by atoms with Crippen LogP contribution in [-0.2, 0) is 11.4 Å². The SMILES string of the molecule is CC(Oc1ccc(OCc2ccccc2)cc1)C(=O)N/N=C/c1cn[nH]c1-c1ccc(Cl)c(Cl)c1. The lowest BCUT2D eigenvalue weighted by Gasteiger charge is -2.13. The molecule has 1 unspecified atom stereocenters. The van der Waals surface area contributed by atoms with Crippen LogP contribution >= 0.6 is 23.2 Å². The fourth-order valence-corrected chi connectivity index (χ4v) is 3.44. The normalized spacial score (nSPS) is 11.9. The molecule has 1 amide bonds. The first-order valence-electron chi connectivity index (χ1n) is 10.7. The molecule has 0 bridgehead atoms. The van der Waals surface area contributed by atoms with Crippen LogP contribution in [0, 0.1) is 0 Å². The van der Waals surface area contributed by atoms with Crippen LogP contribution in [0.5, 0.6) is 11.5 Å².